The Labute approximate surface area is 190 Å². The van der Waals surface area contributed by atoms with Gasteiger partial charge >= 0.3 is 0 Å². The summed E-state index contributed by atoms with van der Waals surface area (Å²) in [6.45, 7) is 0.381. The summed E-state index contributed by atoms with van der Waals surface area (Å²) < 4.78 is 12.2. The van der Waals surface area contributed by atoms with E-state index in [9.17, 15) is 4.79 Å². The van der Waals surface area contributed by atoms with Gasteiger partial charge in [-0.25, -0.2) is 15.0 Å². The van der Waals surface area contributed by atoms with E-state index in [0.717, 1.165) is 15.6 Å². The molecule has 2 aliphatic heterocycles. The van der Waals surface area contributed by atoms with Gasteiger partial charge in [-0.15, -0.1) is 0 Å². The first-order chi connectivity index (χ1) is 14.9. The summed E-state index contributed by atoms with van der Waals surface area (Å²) in [6.07, 6.45) is 3.62. The molecule has 1 atom stereocenters. The molecule has 3 N–H and O–H groups in total. The molecule has 1 unspecified atom stereocenters. The number of rotatable bonds is 2. The van der Waals surface area contributed by atoms with E-state index in [0.29, 0.717) is 35.4 Å². The molecule has 0 fully saturated rings. The van der Waals surface area contributed by atoms with Gasteiger partial charge in [0.15, 0.2) is 0 Å². The Bertz CT molecular complexity index is 1230. The lowest BCUT2D eigenvalue weighted by atomic mass is 9.78. The third-order valence-electron chi connectivity index (χ3n) is 5.13. The maximum Gasteiger partial charge on any atom is 0.283 e. The predicted octanol–water partition coefficient (Wildman–Crippen LogP) is 4.23. The molecule has 0 saturated heterocycles. The number of carbonyl (C=O) groups is 1. The second-order valence-corrected chi connectivity index (χ2v) is 8.40. The number of benzene rings is 1. The number of hydrogen-bond acceptors (Lipinski definition) is 7. The van der Waals surface area contributed by atoms with Gasteiger partial charge < -0.3 is 20.5 Å². The van der Waals surface area contributed by atoms with Crippen LogP contribution in [-0.4, -0.2) is 28.5 Å². The fourth-order valence-electron chi connectivity index (χ4n) is 3.75. The van der Waals surface area contributed by atoms with E-state index in [4.69, 9.17) is 26.8 Å². The zero-order chi connectivity index (χ0) is 21.6. The van der Waals surface area contributed by atoms with Gasteiger partial charge in [-0.1, -0.05) is 11.6 Å². The van der Waals surface area contributed by atoms with Crippen molar-refractivity contribution in [1.29, 1.82) is 0 Å². The van der Waals surface area contributed by atoms with Crippen LogP contribution in [-0.2, 0) is 10.3 Å². The highest BCUT2D eigenvalue weighted by atomic mass is 79.9. The summed E-state index contributed by atoms with van der Waals surface area (Å²) in [5.41, 5.74) is 7.46. The molecule has 0 bridgehead atoms. The van der Waals surface area contributed by atoms with Gasteiger partial charge in [0.2, 0.25) is 5.88 Å². The molecule has 4 heterocycles. The SMILES string of the molecule is NC1=NC2(CCO1)c1cc(NC(=O)c3ccc(Cl)cn3)ccc1Oc1ncc(Br)cc12. The number of amides is 1. The Morgan fingerprint density at radius 2 is 2.03 bits per heavy atom. The van der Waals surface area contributed by atoms with E-state index in [1.165, 1.54) is 6.20 Å². The van der Waals surface area contributed by atoms with Gasteiger partial charge in [-0.3, -0.25) is 4.79 Å². The number of pyridine rings is 2. The molecule has 5 rings (SSSR count). The summed E-state index contributed by atoms with van der Waals surface area (Å²) >= 11 is 9.32. The van der Waals surface area contributed by atoms with E-state index in [1.807, 2.05) is 12.1 Å². The number of nitrogens with one attached hydrogen (secondary N) is 1. The topological polar surface area (TPSA) is 112 Å². The van der Waals surface area contributed by atoms with Crippen molar-refractivity contribution in [3.8, 4) is 11.6 Å². The van der Waals surface area contributed by atoms with Gasteiger partial charge in [-0.2, -0.15) is 0 Å². The molecular formula is C21H15BrClN5O3. The van der Waals surface area contributed by atoms with Crippen molar-refractivity contribution < 1.29 is 14.3 Å². The minimum atomic E-state index is -0.846. The Kier molecular flexibility index (Phi) is 4.79. The first kappa shape index (κ1) is 19.8. The first-order valence-electron chi connectivity index (χ1n) is 9.34. The largest absolute Gasteiger partial charge is 0.465 e. The lowest BCUT2D eigenvalue weighted by Gasteiger charge is -2.38. The third-order valence-corrected chi connectivity index (χ3v) is 5.79. The second kappa shape index (κ2) is 7.51. The van der Waals surface area contributed by atoms with E-state index < -0.39 is 5.54 Å². The molecule has 10 heteroatoms. The molecule has 1 aromatic carbocycles. The van der Waals surface area contributed by atoms with Crippen molar-refractivity contribution in [3.63, 3.8) is 0 Å². The average Bonchev–Trinajstić information content (AvgIpc) is 2.75. The number of ether oxygens (including phenoxy) is 2. The zero-order valence-corrected chi connectivity index (χ0v) is 18.3. The number of carbonyl (C=O) groups excluding carboxylic acids is 1. The number of fused-ring (bicyclic) bond motifs is 4. The molecule has 0 aliphatic carbocycles. The summed E-state index contributed by atoms with van der Waals surface area (Å²) in [6, 6.07) is 10.5. The monoisotopic (exact) mass is 499 g/mol. The van der Waals surface area contributed by atoms with E-state index in [-0.39, 0.29) is 17.6 Å². The number of halogens is 2. The lowest BCUT2D eigenvalue weighted by Crippen LogP contribution is -2.38. The minimum absolute atomic E-state index is 0.0878. The smallest absolute Gasteiger partial charge is 0.283 e. The van der Waals surface area contributed by atoms with Gasteiger partial charge in [0, 0.05) is 40.1 Å². The number of nitrogens with zero attached hydrogens (tertiary/aromatic N) is 3. The Hall–Kier alpha value is -3.17. The number of amidine groups is 1. The van der Waals surface area contributed by atoms with E-state index >= 15 is 0 Å². The number of nitrogens with two attached hydrogens (primary N) is 1. The van der Waals surface area contributed by atoms with Crippen LogP contribution in [0.3, 0.4) is 0 Å². The standard InChI is InChI=1S/C21H15BrClN5O3/c22-11-7-15-19(26-9-11)31-17-4-2-13(27-18(29)16-3-1-12(23)10-25-16)8-14(17)21(15)5-6-30-20(24)28-21/h1-4,7-10H,5-6H2,(H2,24,28)(H,27,29). The van der Waals surface area contributed by atoms with Gasteiger partial charge in [-0.05, 0) is 52.3 Å². The average molecular weight is 501 g/mol. The highest BCUT2D eigenvalue weighted by Crippen LogP contribution is 2.52. The highest BCUT2D eigenvalue weighted by molar-refractivity contribution is 9.10. The molecule has 1 spiro atoms. The minimum Gasteiger partial charge on any atom is -0.465 e. The maximum atomic E-state index is 12.6. The van der Waals surface area contributed by atoms with Crippen LogP contribution in [0.25, 0.3) is 0 Å². The Morgan fingerprint density at radius 1 is 1.16 bits per heavy atom. The van der Waals surface area contributed by atoms with Crippen LogP contribution in [0.5, 0.6) is 11.6 Å². The zero-order valence-electron chi connectivity index (χ0n) is 15.9. The van der Waals surface area contributed by atoms with Crippen molar-refractivity contribution in [2.24, 2.45) is 10.7 Å². The fourth-order valence-corrected chi connectivity index (χ4v) is 4.19. The van der Waals surface area contributed by atoms with Crippen molar-refractivity contribution in [1.82, 2.24) is 9.97 Å². The summed E-state index contributed by atoms with van der Waals surface area (Å²) in [7, 11) is 0. The number of aromatic nitrogens is 2. The van der Waals surface area contributed by atoms with E-state index in [2.05, 4.69) is 36.2 Å². The van der Waals surface area contributed by atoms with Crippen LogP contribution in [0.1, 0.15) is 28.0 Å². The summed E-state index contributed by atoms with van der Waals surface area (Å²) in [4.78, 5) is 25.8. The molecule has 2 aromatic heterocycles. The lowest BCUT2D eigenvalue weighted by molar-refractivity contribution is 0.102. The van der Waals surface area contributed by atoms with Crippen LogP contribution in [0.15, 0.2) is 58.3 Å². The van der Waals surface area contributed by atoms with Crippen molar-refractivity contribution in [2.45, 2.75) is 12.0 Å². The van der Waals surface area contributed by atoms with Gasteiger partial charge in [0.1, 0.15) is 17.0 Å². The molecule has 3 aromatic rings. The molecular weight excluding hydrogens is 486 g/mol. The molecule has 156 valence electrons. The quantitative estimate of drug-likeness (QED) is 0.545. The molecule has 8 nitrogen and oxygen atoms in total. The van der Waals surface area contributed by atoms with Gasteiger partial charge in [0.25, 0.3) is 11.9 Å². The van der Waals surface area contributed by atoms with Crippen molar-refractivity contribution >= 4 is 45.1 Å². The van der Waals surface area contributed by atoms with Crippen LogP contribution in [0.4, 0.5) is 5.69 Å². The van der Waals surface area contributed by atoms with E-state index in [1.54, 1.807) is 30.5 Å². The fraction of sp³-hybridized carbons (Fsp3) is 0.143. The number of anilines is 1. The highest BCUT2D eigenvalue weighted by Gasteiger charge is 2.45. The first-order valence-corrected chi connectivity index (χ1v) is 10.5. The predicted molar refractivity (Wildman–Crippen MR) is 119 cm³/mol. The molecule has 0 radical (unpaired) electrons. The summed E-state index contributed by atoms with van der Waals surface area (Å²) in [5, 5.41) is 3.32. The van der Waals surface area contributed by atoms with Crippen LogP contribution < -0.4 is 15.8 Å². The second-order valence-electron chi connectivity index (χ2n) is 7.04. The normalized spacial score (nSPS) is 18.8. The van der Waals surface area contributed by atoms with Crippen LogP contribution >= 0.6 is 27.5 Å². The molecule has 0 saturated carbocycles. The van der Waals surface area contributed by atoms with Crippen molar-refractivity contribution in [2.75, 3.05) is 11.9 Å². The number of hydrogen-bond donors (Lipinski definition) is 2. The Balaban J connectivity index is 1.58. The molecule has 2 aliphatic rings. The Morgan fingerprint density at radius 3 is 2.81 bits per heavy atom. The van der Waals surface area contributed by atoms with Crippen LogP contribution in [0.2, 0.25) is 5.02 Å². The molecule has 31 heavy (non-hydrogen) atoms. The van der Waals surface area contributed by atoms with Crippen LogP contribution in [0, 0.1) is 0 Å². The number of aliphatic imine (C=N–C) groups is 1. The third kappa shape index (κ3) is 3.49. The van der Waals surface area contributed by atoms with Gasteiger partial charge in [0.05, 0.1) is 11.6 Å². The summed E-state index contributed by atoms with van der Waals surface area (Å²) in [5.74, 6) is 0.682. The molecule has 1 amide bonds. The maximum absolute atomic E-state index is 12.6. The van der Waals surface area contributed by atoms with Crippen molar-refractivity contribution in [3.05, 3.63) is 75.1 Å².